The first-order chi connectivity index (χ1) is 11.6. The molecule has 1 aromatic heterocycles. The number of nitrogens with zero attached hydrogens (tertiary/aromatic N) is 3. The van der Waals surface area contributed by atoms with Gasteiger partial charge in [-0.2, -0.15) is 5.10 Å². The number of benzene rings is 2. The van der Waals surface area contributed by atoms with Crippen molar-refractivity contribution in [1.82, 2.24) is 14.8 Å². The van der Waals surface area contributed by atoms with Crippen LogP contribution >= 0.6 is 23.2 Å². The number of hydrogen-bond acceptors (Lipinski definition) is 2. The van der Waals surface area contributed by atoms with Crippen LogP contribution < -0.4 is 0 Å². The SMILES string of the molecule is Fc1ccc(C2(Cn3cncn3)CC2c2ccc(Cl)cc2Cl)cc1. The third-order valence-corrected chi connectivity index (χ3v) is 5.31. The monoisotopic (exact) mass is 361 g/mol. The van der Waals surface area contributed by atoms with Crippen LogP contribution in [0.15, 0.2) is 55.1 Å². The molecule has 4 rings (SSSR count). The van der Waals surface area contributed by atoms with Gasteiger partial charge in [-0.15, -0.1) is 0 Å². The first-order valence-corrected chi connectivity index (χ1v) is 8.37. The van der Waals surface area contributed by atoms with Crippen molar-refractivity contribution in [2.75, 3.05) is 0 Å². The minimum absolute atomic E-state index is 0.168. The summed E-state index contributed by atoms with van der Waals surface area (Å²) < 4.78 is 15.2. The van der Waals surface area contributed by atoms with Gasteiger partial charge in [0, 0.05) is 15.5 Å². The summed E-state index contributed by atoms with van der Waals surface area (Å²) in [6, 6.07) is 12.3. The molecule has 6 heteroatoms. The fourth-order valence-electron chi connectivity index (χ4n) is 3.47. The molecule has 1 aliphatic carbocycles. The number of aromatic nitrogens is 3. The van der Waals surface area contributed by atoms with Gasteiger partial charge in [0.1, 0.15) is 18.5 Å². The zero-order chi connectivity index (χ0) is 16.7. The first kappa shape index (κ1) is 15.6. The van der Waals surface area contributed by atoms with Crippen LogP contribution in [0.4, 0.5) is 4.39 Å². The van der Waals surface area contributed by atoms with Gasteiger partial charge in [0.25, 0.3) is 0 Å². The Morgan fingerprint density at radius 1 is 1.17 bits per heavy atom. The van der Waals surface area contributed by atoms with Gasteiger partial charge in [-0.05, 0) is 47.7 Å². The molecule has 0 radical (unpaired) electrons. The predicted octanol–water partition coefficient (Wildman–Crippen LogP) is 4.85. The van der Waals surface area contributed by atoms with Crippen LogP contribution in [0.2, 0.25) is 10.0 Å². The summed E-state index contributed by atoms with van der Waals surface area (Å²) in [5, 5.41) is 5.51. The van der Waals surface area contributed by atoms with Crippen molar-refractivity contribution in [3.63, 3.8) is 0 Å². The van der Waals surface area contributed by atoms with Crippen LogP contribution in [0.1, 0.15) is 23.5 Å². The Kier molecular flexibility index (Phi) is 3.82. The lowest BCUT2D eigenvalue weighted by Crippen LogP contribution is -2.19. The van der Waals surface area contributed by atoms with Gasteiger partial charge in [-0.3, -0.25) is 4.68 Å². The topological polar surface area (TPSA) is 30.7 Å². The highest BCUT2D eigenvalue weighted by atomic mass is 35.5. The molecule has 0 amide bonds. The highest BCUT2D eigenvalue weighted by Gasteiger charge is 2.56. The Balaban J connectivity index is 1.74. The van der Waals surface area contributed by atoms with Crippen LogP contribution in [0.5, 0.6) is 0 Å². The summed E-state index contributed by atoms with van der Waals surface area (Å²) in [5.41, 5.74) is 1.97. The molecule has 0 bridgehead atoms. The van der Waals surface area contributed by atoms with Crippen molar-refractivity contribution in [3.8, 4) is 0 Å². The lowest BCUT2D eigenvalue weighted by atomic mass is 9.90. The molecule has 2 atom stereocenters. The Morgan fingerprint density at radius 2 is 1.96 bits per heavy atom. The van der Waals surface area contributed by atoms with Crippen molar-refractivity contribution in [2.45, 2.75) is 24.3 Å². The third kappa shape index (κ3) is 2.70. The van der Waals surface area contributed by atoms with Crippen molar-refractivity contribution < 1.29 is 4.39 Å². The molecule has 24 heavy (non-hydrogen) atoms. The molecule has 2 unspecified atom stereocenters. The van der Waals surface area contributed by atoms with Crippen LogP contribution in [-0.2, 0) is 12.0 Å². The van der Waals surface area contributed by atoms with E-state index in [0.717, 1.165) is 17.5 Å². The maximum absolute atomic E-state index is 13.3. The molecule has 3 aromatic rings. The fourth-order valence-corrected chi connectivity index (χ4v) is 4.01. The maximum atomic E-state index is 13.3. The lowest BCUT2D eigenvalue weighted by molar-refractivity contribution is 0.489. The maximum Gasteiger partial charge on any atom is 0.137 e. The minimum Gasteiger partial charge on any atom is -0.252 e. The molecular weight excluding hydrogens is 348 g/mol. The Morgan fingerprint density at radius 3 is 2.62 bits per heavy atom. The van der Waals surface area contributed by atoms with Crippen molar-refractivity contribution in [3.05, 3.63) is 82.1 Å². The average Bonchev–Trinajstić information content (AvgIpc) is 3.02. The Bertz CT molecular complexity index is 864. The van der Waals surface area contributed by atoms with Crippen LogP contribution in [0.3, 0.4) is 0 Å². The zero-order valence-corrected chi connectivity index (χ0v) is 14.2. The Labute approximate surface area is 149 Å². The summed E-state index contributed by atoms with van der Waals surface area (Å²) >= 11 is 12.4. The summed E-state index contributed by atoms with van der Waals surface area (Å²) in [7, 11) is 0. The van der Waals surface area contributed by atoms with E-state index in [-0.39, 0.29) is 17.2 Å². The highest BCUT2D eigenvalue weighted by molar-refractivity contribution is 6.35. The standard InChI is InChI=1S/C18H14Cl2FN3/c19-13-3-6-15(17(20)7-13)16-8-18(16,9-24-11-22-10-23-24)12-1-4-14(21)5-2-12/h1-7,10-11,16H,8-9H2. The van der Waals surface area contributed by atoms with E-state index in [0.29, 0.717) is 16.6 Å². The quantitative estimate of drug-likeness (QED) is 0.664. The molecule has 1 saturated carbocycles. The van der Waals surface area contributed by atoms with E-state index in [4.69, 9.17) is 23.2 Å². The van der Waals surface area contributed by atoms with Gasteiger partial charge in [0.15, 0.2) is 0 Å². The fraction of sp³-hybridized carbons (Fsp3) is 0.222. The van der Waals surface area contributed by atoms with Gasteiger partial charge >= 0.3 is 0 Å². The normalized spacial score (nSPS) is 22.5. The van der Waals surface area contributed by atoms with Gasteiger partial charge in [0.05, 0.1) is 6.54 Å². The van der Waals surface area contributed by atoms with Crippen LogP contribution in [0.25, 0.3) is 0 Å². The number of hydrogen-bond donors (Lipinski definition) is 0. The summed E-state index contributed by atoms with van der Waals surface area (Å²) in [5.74, 6) is -0.00620. The summed E-state index contributed by atoms with van der Waals surface area (Å²) in [4.78, 5) is 4.02. The van der Waals surface area contributed by atoms with E-state index in [1.807, 2.05) is 28.9 Å². The molecule has 0 aliphatic heterocycles. The summed E-state index contributed by atoms with van der Waals surface area (Å²) in [6.45, 7) is 0.669. The predicted molar refractivity (Wildman–Crippen MR) is 91.9 cm³/mol. The van der Waals surface area contributed by atoms with E-state index in [1.54, 1.807) is 12.4 Å². The van der Waals surface area contributed by atoms with Gasteiger partial charge in [-0.1, -0.05) is 41.4 Å². The molecule has 0 N–H and O–H groups in total. The first-order valence-electron chi connectivity index (χ1n) is 7.62. The largest absolute Gasteiger partial charge is 0.252 e. The molecule has 122 valence electrons. The number of rotatable bonds is 4. The number of halogens is 3. The third-order valence-electron chi connectivity index (χ3n) is 4.74. The van der Waals surface area contributed by atoms with Crippen molar-refractivity contribution in [2.24, 2.45) is 0 Å². The second kappa shape index (κ2) is 5.87. The molecule has 3 nitrogen and oxygen atoms in total. The second-order valence-electron chi connectivity index (χ2n) is 6.18. The Hall–Kier alpha value is -1.91. The molecule has 1 heterocycles. The van der Waals surface area contributed by atoms with E-state index in [9.17, 15) is 4.39 Å². The van der Waals surface area contributed by atoms with E-state index < -0.39 is 0 Å². The summed E-state index contributed by atoms with van der Waals surface area (Å²) in [6.07, 6.45) is 4.13. The van der Waals surface area contributed by atoms with Crippen LogP contribution in [-0.4, -0.2) is 14.8 Å². The second-order valence-corrected chi connectivity index (χ2v) is 7.02. The molecule has 2 aromatic carbocycles. The molecule has 1 fully saturated rings. The lowest BCUT2D eigenvalue weighted by Gasteiger charge is -2.19. The molecule has 1 aliphatic rings. The highest BCUT2D eigenvalue weighted by Crippen LogP contribution is 2.62. The zero-order valence-electron chi connectivity index (χ0n) is 12.7. The molecule has 0 spiro atoms. The molecular formula is C18H14Cl2FN3. The molecule has 0 saturated heterocycles. The minimum atomic E-state index is -0.239. The van der Waals surface area contributed by atoms with Gasteiger partial charge < -0.3 is 0 Å². The smallest absolute Gasteiger partial charge is 0.137 e. The van der Waals surface area contributed by atoms with Crippen LogP contribution in [0, 0.1) is 5.82 Å². The van der Waals surface area contributed by atoms with Crippen molar-refractivity contribution >= 4 is 23.2 Å². The van der Waals surface area contributed by atoms with Gasteiger partial charge in [-0.25, -0.2) is 9.37 Å². The van der Waals surface area contributed by atoms with Gasteiger partial charge in [0.2, 0.25) is 0 Å². The average molecular weight is 362 g/mol. The van der Waals surface area contributed by atoms with E-state index in [1.165, 1.54) is 18.5 Å². The van der Waals surface area contributed by atoms with E-state index >= 15 is 0 Å². The van der Waals surface area contributed by atoms with E-state index in [2.05, 4.69) is 10.1 Å². The van der Waals surface area contributed by atoms with Crippen molar-refractivity contribution in [1.29, 1.82) is 0 Å².